The molecule has 2 nitrogen and oxygen atoms in total. The van der Waals surface area contributed by atoms with E-state index in [1.807, 2.05) is 11.6 Å². The van der Waals surface area contributed by atoms with Gasteiger partial charge in [-0.3, -0.25) is 0 Å². The molecule has 5 heteroatoms. The Morgan fingerprint density at radius 3 is 2.47 bits per heavy atom. The maximum absolute atomic E-state index is 4.31. The Morgan fingerprint density at radius 2 is 1.94 bits per heavy atom. The monoisotopic (exact) mass is 374 g/mol. The quantitative estimate of drug-likeness (QED) is 0.802. The molecule has 0 radical (unpaired) electrons. The Labute approximate surface area is 122 Å². The Balaban J connectivity index is 2.25. The lowest BCUT2D eigenvalue weighted by atomic mass is 10.2. The van der Waals surface area contributed by atoms with Crippen LogP contribution < -0.4 is 5.32 Å². The number of hydrogen-bond acceptors (Lipinski definition) is 3. The van der Waals surface area contributed by atoms with Gasteiger partial charge < -0.3 is 5.32 Å². The van der Waals surface area contributed by atoms with E-state index in [1.165, 1.54) is 5.56 Å². The molecule has 1 aromatic heterocycles. The van der Waals surface area contributed by atoms with Crippen molar-refractivity contribution in [3.63, 3.8) is 0 Å². The summed E-state index contributed by atoms with van der Waals surface area (Å²) in [5.74, 6) is 0. The van der Waals surface area contributed by atoms with Gasteiger partial charge in [0.1, 0.15) is 5.01 Å². The van der Waals surface area contributed by atoms with Gasteiger partial charge in [0.2, 0.25) is 0 Å². The topological polar surface area (TPSA) is 24.9 Å². The Kier molecular flexibility index (Phi) is 4.22. The third-order valence-electron chi connectivity index (χ3n) is 2.37. The molecule has 1 atom stereocenters. The Morgan fingerprint density at radius 1 is 1.29 bits per heavy atom. The lowest BCUT2D eigenvalue weighted by Crippen LogP contribution is -2.07. The highest BCUT2D eigenvalue weighted by molar-refractivity contribution is 9.11. The average molecular weight is 376 g/mol. The standard InChI is InChI=1S/C12H12Br2N2S/c1-7-5-9(13)11(10(14)6-7)16-8(2)12-15-3-4-17-12/h3-6,8,16H,1-2H3. The minimum Gasteiger partial charge on any atom is -0.374 e. The van der Waals surface area contributed by atoms with Gasteiger partial charge in [0.05, 0.1) is 11.7 Å². The van der Waals surface area contributed by atoms with Crippen molar-refractivity contribution >= 4 is 48.9 Å². The number of thiazole rings is 1. The van der Waals surface area contributed by atoms with Gasteiger partial charge >= 0.3 is 0 Å². The molecule has 1 aromatic carbocycles. The van der Waals surface area contributed by atoms with E-state index in [0.717, 1.165) is 19.6 Å². The van der Waals surface area contributed by atoms with E-state index in [-0.39, 0.29) is 6.04 Å². The first-order valence-electron chi connectivity index (χ1n) is 5.19. The molecule has 2 rings (SSSR count). The molecule has 17 heavy (non-hydrogen) atoms. The normalized spacial score (nSPS) is 12.5. The van der Waals surface area contributed by atoms with Crippen LogP contribution in [0.4, 0.5) is 5.69 Å². The fourth-order valence-electron chi connectivity index (χ4n) is 1.56. The van der Waals surface area contributed by atoms with Crippen molar-refractivity contribution in [3.8, 4) is 0 Å². The van der Waals surface area contributed by atoms with Crippen LogP contribution in [0.5, 0.6) is 0 Å². The predicted molar refractivity (Wildman–Crippen MR) is 80.7 cm³/mol. The summed E-state index contributed by atoms with van der Waals surface area (Å²) < 4.78 is 2.13. The molecule has 1 unspecified atom stereocenters. The van der Waals surface area contributed by atoms with Crippen LogP contribution in [0.2, 0.25) is 0 Å². The van der Waals surface area contributed by atoms with Crippen molar-refractivity contribution in [1.82, 2.24) is 4.98 Å². The Bertz CT molecular complexity index is 488. The number of hydrogen-bond donors (Lipinski definition) is 1. The number of anilines is 1. The molecule has 0 bridgehead atoms. The summed E-state index contributed by atoms with van der Waals surface area (Å²) in [6.07, 6.45) is 1.83. The van der Waals surface area contributed by atoms with E-state index in [1.54, 1.807) is 11.3 Å². The molecule has 1 heterocycles. The second kappa shape index (κ2) is 5.50. The second-order valence-corrected chi connectivity index (χ2v) is 6.47. The van der Waals surface area contributed by atoms with Gasteiger partial charge in [0.25, 0.3) is 0 Å². The van der Waals surface area contributed by atoms with Gasteiger partial charge in [-0.15, -0.1) is 11.3 Å². The third kappa shape index (κ3) is 3.09. The smallest absolute Gasteiger partial charge is 0.115 e. The fourth-order valence-corrected chi connectivity index (χ4v) is 3.85. The van der Waals surface area contributed by atoms with Crippen LogP contribution in [0, 0.1) is 6.92 Å². The van der Waals surface area contributed by atoms with E-state index < -0.39 is 0 Å². The molecule has 90 valence electrons. The number of nitrogens with one attached hydrogen (secondary N) is 1. The summed E-state index contributed by atoms with van der Waals surface area (Å²) in [4.78, 5) is 4.31. The Hall–Kier alpha value is -0.390. The van der Waals surface area contributed by atoms with E-state index in [4.69, 9.17) is 0 Å². The lowest BCUT2D eigenvalue weighted by Gasteiger charge is -2.16. The first-order chi connectivity index (χ1) is 8.08. The number of benzene rings is 1. The summed E-state index contributed by atoms with van der Waals surface area (Å²) in [6.45, 7) is 4.18. The molecule has 0 spiro atoms. The molecule has 0 aliphatic heterocycles. The van der Waals surface area contributed by atoms with Gasteiger partial charge in [-0.1, -0.05) is 0 Å². The first-order valence-corrected chi connectivity index (χ1v) is 7.66. The second-order valence-electron chi connectivity index (χ2n) is 3.84. The zero-order valence-electron chi connectivity index (χ0n) is 9.50. The van der Waals surface area contributed by atoms with Gasteiger partial charge in [0.15, 0.2) is 0 Å². The zero-order chi connectivity index (χ0) is 12.4. The van der Waals surface area contributed by atoms with Crippen molar-refractivity contribution in [2.24, 2.45) is 0 Å². The van der Waals surface area contributed by atoms with Crippen LogP contribution in [0.15, 0.2) is 32.7 Å². The molecule has 2 aromatic rings. The number of rotatable bonds is 3. The van der Waals surface area contributed by atoms with Crippen molar-refractivity contribution < 1.29 is 0 Å². The molecule has 0 saturated heterocycles. The molecule has 0 fully saturated rings. The van der Waals surface area contributed by atoms with Gasteiger partial charge in [0, 0.05) is 20.5 Å². The molecule has 0 aliphatic carbocycles. The summed E-state index contributed by atoms with van der Waals surface area (Å²) in [7, 11) is 0. The van der Waals surface area contributed by atoms with Crippen molar-refractivity contribution in [2.45, 2.75) is 19.9 Å². The average Bonchev–Trinajstić information content (AvgIpc) is 2.76. The number of halogens is 2. The fraction of sp³-hybridized carbons (Fsp3) is 0.250. The maximum atomic E-state index is 4.31. The minimum atomic E-state index is 0.199. The summed E-state index contributed by atoms with van der Waals surface area (Å²) in [5, 5.41) is 6.54. The van der Waals surface area contributed by atoms with Crippen LogP contribution in [0.3, 0.4) is 0 Å². The van der Waals surface area contributed by atoms with E-state index >= 15 is 0 Å². The van der Waals surface area contributed by atoms with E-state index in [0.29, 0.717) is 0 Å². The number of nitrogens with zero attached hydrogens (tertiary/aromatic N) is 1. The summed E-state index contributed by atoms with van der Waals surface area (Å²) >= 11 is 8.82. The van der Waals surface area contributed by atoms with Crippen LogP contribution in [0.25, 0.3) is 0 Å². The first kappa shape index (κ1) is 13.1. The molecule has 0 aliphatic rings. The van der Waals surface area contributed by atoms with Gasteiger partial charge in [-0.2, -0.15) is 0 Å². The van der Waals surface area contributed by atoms with Crippen LogP contribution >= 0.6 is 43.2 Å². The number of aromatic nitrogens is 1. The third-order valence-corrected chi connectivity index (χ3v) is 4.58. The highest BCUT2D eigenvalue weighted by atomic mass is 79.9. The molecular weight excluding hydrogens is 364 g/mol. The number of aryl methyl sites for hydroxylation is 1. The minimum absolute atomic E-state index is 0.199. The largest absolute Gasteiger partial charge is 0.374 e. The van der Waals surface area contributed by atoms with Crippen LogP contribution in [-0.4, -0.2) is 4.98 Å². The summed E-state index contributed by atoms with van der Waals surface area (Å²) in [5.41, 5.74) is 2.29. The maximum Gasteiger partial charge on any atom is 0.115 e. The zero-order valence-corrected chi connectivity index (χ0v) is 13.5. The highest BCUT2D eigenvalue weighted by Crippen LogP contribution is 2.34. The van der Waals surface area contributed by atoms with Crippen molar-refractivity contribution in [3.05, 3.63) is 43.2 Å². The van der Waals surface area contributed by atoms with Gasteiger partial charge in [-0.05, 0) is 63.4 Å². The van der Waals surface area contributed by atoms with Crippen LogP contribution in [0.1, 0.15) is 23.5 Å². The summed E-state index contributed by atoms with van der Waals surface area (Å²) in [6, 6.07) is 4.40. The van der Waals surface area contributed by atoms with Gasteiger partial charge in [-0.25, -0.2) is 4.98 Å². The van der Waals surface area contributed by atoms with Crippen molar-refractivity contribution in [2.75, 3.05) is 5.32 Å². The molecule has 1 N–H and O–H groups in total. The van der Waals surface area contributed by atoms with E-state index in [2.05, 4.69) is 68.1 Å². The van der Waals surface area contributed by atoms with Crippen LogP contribution in [-0.2, 0) is 0 Å². The van der Waals surface area contributed by atoms with E-state index in [9.17, 15) is 0 Å². The molecule has 0 amide bonds. The predicted octanol–water partition coefficient (Wildman–Crippen LogP) is 5.15. The SMILES string of the molecule is Cc1cc(Br)c(NC(C)c2nccs2)c(Br)c1. The molecular formula is C12H12Br2N2S. The highest BCUT2D eigenvalue weighted by Gasteiger charge is 2.12. The lowest BCUT2D eigenvalue weighted by molar-refractivity contribution is 0.867. The molecule has 0 saturated carbocycles. The van der Waals surface area contributed by atoms with Crippen molar-refractivity contribution in [1.29, 1.82) is 0 Å².